The molecule has 122 valence electrons. The molecule has 0 aromatic heterocycles. The summed E-state index contributed by atoms with van der Waals surface area (Å²) in [6.07, 6.45) is -5.13. The molecule has 1 amide bonds. The lowest BCUT2D eigenvalue weighted by molar-refractivity contribution is -0.261. The summed E-state index contributed by atoms with van der Waals surface area (Å²) in [5.41, 5.74) is -3.41. The average Bonchev–Trinajstić information content (AvgIpc) is 2.54. The van der Waals surface area contributed by atoms with Gasteiger partial charge in [0.25, 0.3) is 11.5 Å². The third-order valence-electron chi connectivity index (χ3n) is 3.52. The number of hydrogen-bond acceptors (Lipinski definition) is 2. The number of aliphatic hydroxyl groups is 1. The van der Waals surface area contributed by atoms with Gasteiger partial charge < -0.3 is 10.0 Å². The minimum absolute atomic E-state index is 0.0368. The Labute approximate surface area is 132 Å². The first-order valence-electron chi connectivity index (χ1n) is 6.91. The third kappa shape index (κ3) is 3.37. The Morgan fingerprint density at radius 3 is 1.96 bits per heavy atom. The van der Waals surface area contributed by atoms with Crippen LogP contribution in [0.3, 0.4) is 0 Å². The van der Waals surface area contributed by atoms with Crippen molar-refractivity contribution in [3.63, 3.8) is 0 Å². The maximum atomic E-state index is 13.4. The summed E-state index contributed by atoms with van der Waals surface area (Å²) >= 11 is 0. The molecule has 2 aromatic rings. The van der Waals surface area contributed by atoms with Crippen LogP contribution in [0.2, 0.25) is 0 Å². The zero-order valence-electron chi connectivity index (χ0n) is 12.4. The number of amides is 1. The van der Waals surface area contributed by atoms with Gasteiger partial charge in [-0.2, -0.15) is 13.2 Å². The molecule has 23 heavy (non-hydrogen) atoms. The lowest BCUT2D eigenvalue weighted by Gasteiger charge is -2.33. The molecule has 0 bridgehead atoms. The Bertz CT molecular complexity index is 659. The lowest BCUT2D eigenvalue weighted by atomic mass is 9.91. The summed E-state index contributed by atoms with van der Waals surface area (Å²) in [4.78, 5) is 13.2. The second-order valence-electron chi connectivity index (χ2n) is 5.22. The van der Waals surface area contributed by atoms with Gasteiger partial charge in [-0.3, -0.25) is 4.79 Å². The van der Waals surface area contributed by atoms with Crippen molar-refractivity contribution in [2.45, 2.75) is 18.3 Å². The van der Waals surface area contributed by atoms with Gasteiger partial charge >= 0.3 is 6.18 Å². The zero-order chi connectivity index (χ0) is 17.1. The van der Waals surface area contributed by atoms with Gasteiger partial charge in [0, 0.05) is 19.2 Å². The molecule has 0 spiro atoms. The summed E-state index contributed by atoms with van der Waals surface area (Å²) in [7, 11) is 1.23. The number of hydrogen-bond donors (Lipinski definition) is 1. The highest BCUT2D eigenvalue weighted by Crippen LogP contribution is 2.40. The topological polar surface area (TPSA) is 40.5 Å². The Balaban J connectivity index is 2.35. The molecule has 0 fully saturated rings. The number of benzene rings is 2. The molecule has 2 aromatic carbocycles. The van der Waals surface area contributed by atoms with Crippen LogP contribution in [0.1, 0.15) is 11.1 Å². The van der Waals surface area contributed by atoms with Crippen LogP contribution in [0.4, 0.5) is 13.2 Å². The molecule has 0 saturated carbocycles. The summed E-state index contributed by atoms with van der Waals surface area (Å²) in [5, 5.41) is 10.2. The second kappa shape index (κ2) is 6.42. The maximum Gasteiger partial charge on any atom is 0.430 e. The van der Waals surface area contributed by atoms with Crippen molar-refractivity contribution in [3.05, 3.63) is 71.8 Å². The number of halogens is 3. The average molecular weight is 323 g/mol. The van der Waals surface area contributed by atoms with E-state index in [-0.39, 0.29) is 6.54 Å². The zero-order valence-corrected chi connectivity index (χ0v) is 12.4. The van der Waals surface area contributed by atoms with E-state index < -0.39 is 23.2 Å². The van der Waals surface area contributed by atoms with Crippen LogP contribution in [0.15, 0.2) is 60.7 Å². The smallest absolute Gasteiger partial charge is 0.369 e. The summed E-state index contributed by atoms with van der Waals surface area (Å²) < 4.78 is 40.3. The van der Waals surface area contributed by atoms with E-state index in [0.29, 0.717) is 5.56 Å². The van der Waals surface area contributed by atoms with E-state index in [2.05, 4.69) is 0 Å². The first-order valence-corrected chi connectivity index (χ1v) is 6.91. The van der Waals surface area contributed by atoms with E-state index in [9.17, 15) is 23.1 Å². The van der Waals surface area contributed by atoms with E-state index in [1.54, 1.807) is 30.3 Å². The second-order valence-corrected chi connectivity index (χ2v) is 5.22. The number of alkyl halides is 3. The molecule has 0 saturated heterocycles. The number of carbonyl (C=O) groups excluding carboxylic acids is 1. The molecule has 0 radical (unpaired) electrons. The van der Waals surface area contributed by atoms with E-state index in [0.717, 1.165) is 17.0 Å². The number of likely N-dealkylation sites (N-methyl/N-ethyl adjacent to an activating group) is 1. The van der Waals surface area contributed by atoms with Gasteiger partial charge in [-0.25, -0.2) is 0 Å². The standard InChI is InChI=1S/C17H16F3NO2/c1-21(12-13-8-4-2-5-9-13)15(22)16(23,17(18,19)20)14-10-6-3-7-11-14/h2-11,23H,12H2,1H3. The van der Waals surface area contributed by atoms with E-state index in [1.807, 2.05) is 0 Å². The van der Waals surface area contributed by atoms with Crippen LogP contribution in [0.25, 0.3) is 0 Å². The van der Waals surface area contributed by atoms with Gasteiger partial charge in [-0.1, -0.05) is 60.7 Å². The Hall–Kier alpha value is -2.34. The number of nitrogens with zero attached hydrogens (tertiary/aromatic N) is 1. The van der Waals surface area contributed by atoms with Crippen molar-refractivity contribution < 1.29 is 23.1 Å². The third-order valence-corrected chi connectivity index (χ3v) is 3.52. The predicted octanol–water partition coefficient (Wildman–Crippen LogP) is 3.10. The van der Waals surface area contributed by atoms with Crippen molar-refractivity contribution in [1.82, 2.24) is 4.90 Å². The number of carbonyl (C=O) groups is 1. The SMILES string of the molecule is CN(Cc1ccccc1)C(=O)C(O)(c1ccccc1)C(F)(F)F. The van der Waals surface area contributed by atoms with Gasteiger partial charge in [0.05, 0.1) is 0 Å². The Morgan fingerprint density at radius 1 is 1.00 bits per heavy atom. The molecule has 0 aliphatic rings. The van der Waals surface area contributed by atoms with Crippen LogP contribution < -0.4 is 0 Å². The largest absolute Gasteiger partial charge is 0.430 e. The van der Waals surface area contributed by atoms with Crippen molar-refractivity contribution >= 4 is 5.91 Å². The van der Waals surface area contributed by atoms with Gasteiger partial charge in [0.2, 0.25) is 0 Å². The quantitative estimate of drug-likeness (QED) is 0.939. The predicted molar refractivity (Wildman–Crippen MR) is 79.3 cm³/mol. The van der Waals surface area contributed by atoms with Crippen LogP contribution in [-0.2, 0) is 16.9 Å². The number of rotatable bonds is 4. The molecular weight excluding hydrogens is 307 g/mol. The highest BCUT2D eigenvalue weighted by atomic mass is 19.4. The van der Waals surface area contributed by atoms with Gasteiger partial charge in [-0.05, 0) is 5.56 Å². The van der Waals surface area contributed by atoms with Crippen LogP contribution in [0, 0.1) is 0 Å². The molecule has 3 nitrogen and oxygen atoms in total. The normalized spacial score (nSPS) is 14.1. The van der Waals surface area contributed by atoms with Crippen LogP contribution in [-0.4, -0.2) is 29.1 Å². The van der Waals surface area contributed by atoms with Crippen LogP contribution >= 0.6 is 0 Å². The molecule has 6 heteroatoms. The molecule has 0 heterocycles. The van der Waals surface area contributed by atoms with Gasteiger partial charge in [0.15, 0.2) is 0 Å². The molecule has 1 unspecified atom stereocenters. The summed E-state index contributed by atoms with van der Waals surface area (Å²) in [6, 6.07) is 15.0. The van der Waals surface area contributed by atoms with Crippen molar-refractivity contribution in [2.75, 3.05) is 7.05 Å². The fraction of sp³-hybridized carbons (Fsp3) is 0.235. The van der Waals surface area contributed by atoms with Crippen molar-refractivity contribution in [2.24, 2.45) is 0 Å². The Morgan fingerprint density at radius 2 is 1.48 bits per heavy atom. The maximum absolute atomic E-state index is 13.4. The van der Waals surface area contributed by atoms with E-state index in [1.165, 1.54) is 25.2 Å². The summed E-state index contributed by atoms with van der Waals surface area (Å²) in [6.45, 7) is -0.0368. The first-order chi connectivity index (χ1) is 10.8. The minimum atomic E-state index is -5.13. The van der Waals surface area contributed by atoms with Crippen molar-refractivity contribution in [1.29, 1.82) is 0 Å². The van der Waals surface area contributed by atoms with Crippen LogP contribution in [0.5, 0.6) is 0 Å². The van der Waals surface area contributed by atoms with E-state index in [4.69, 9.17) is 0 Å². The van der Waals surface area contributed by atoms with E-state index >= 15 is 0 Å². The highest BCUT2D eigenvalue weighted by Gasteiger charge is 2.61. The van der Waals surface area contributed by atoms with Crippen molar-refractivity contribution in [3.8, 4) is 0 Å². The fourth-order valence-electron chi connectivity index (χ4n) is 2.29. The molecular formula is C17H16F3NO2. The first kappa shape index (κ1) is 17.0. The van der Waals surface area contributed by atoms with Gasteiger partial charge in [0.1, 0.15) is 0 Å². The molecule has 0 aliphatic carbocycles. The van der Waals surface area contributed by atoms with Gasteiger partial charge in [-0.15, -0.1) is 0 Å². The summed E-state index contributed by atoms with van der Waals surface area (Å²) in [5.74, 6) is -1.42. The fourth-order valence-corrected chi connectivity index (χ4v) is 2.29. The highest BCUT2D eigenvalue weighted by molar-refractivity contribution is 5.87. The minimum Gasteiger partial charge on any atom is -0.369 e. The Kier molecular flexibility index (Phi) is 4.75. The molecule has 0 aliphatic heterocycles. The monoisotopic (exact) mass is 323 g/mol. The molecule has 2 rings (SSSR count). The molecule has 1 N–H and O–H groups in total. The lowest BCUT2D eigenvalue weighted by Crippen LogP contribution is -2.54. The molecule has 1 atom stereocenters.